The van der Waals surface area contributed by atoms with Gasteiger partial charge in [-0.3, -0.25) is 9.78 Å². The van der Waals surface area contributed by atoms with Crippen LogP contribution in [0.25, 0.3) is 0 Å². The maximum atomic E-state index is 11.7. The molecule has 0 aromatic carbocycles. The molecular formula is C10H10ClF3N2O2. The molecule has 0 atom stereocenters. The molecule has 1 rings (SSSR count). The number of ether oxygens (including phenoxy) is 1. The van der Waals surface area contributed by atoms with Crippen molar-refractivity contribution in [2.45, 2.75) is 6.18 Å². The van der Waals surface area contributed by atoms with E-state index in [4.69, 9.17) is 11.6 Å². The summed E-state index contributed by atoms with van der Waals surface area (Å²) in [6, 6.07) is 1.44. The molecule has 0 fully saturated rings. The predicted octanol–water partition coefficient (Wildman–Crippen LogP) is 2.04. The predicted molar refractivity (Wildman–Crippen MR) is 58.5 cm³/mol. The van der Waals surface area contributed by atoms with Crippen molar-refractivity contribution in [2.24, 2.45) is 0 Å². The van der Waals surface area contributed by atoms with Crippen LogP contribution in [-0.2, 0) is 4.74 Å². The second-order valence-electron chi connectivity index (χ2n) is 3.28. The minimum atomic E-state index is -4.36. The fraction of sp³-hybridized carbons (Fsp3) is 0.400. The highest BCUT2D eigenvalue weighted by Crippen LogP contribution is 2.14. The molecule has 0 radical (unpaired) electrons. The molecule has 1 heterocycles. The van der Waals surface area contributed by atoms with Gasteiger partial charge >= 0.3 is 6.18 Å². The summed E-state index contributed by atoms with van der Waals surface area (Å²) in [7, 11) is 0. The number of carbonyl (C=O) groups is 1. The number of hydrogen-bond donors (Lipinski definition) is 1. The molecule has 18 heavy (non-hydrogen) atoms. The van der Waals surface area contributed by atoms with Crippen molar-refractivity contribution >= 4 is 17.5 Å². The van der Waals surface area contributed by atoms with Crippen LogP contribution in [0.2, 0.25) is 5.02 Å². The molecule has 1 aromatic rings. The number of hydrogen-bond acceptors (Lipinski definition) is 3. The molecule has 1 amide bonds. The van der Waals surface area contributed by atoms with Crippen LogP contribution in [0.5, 0.6) is 0 Å². The maximum Gasteiger partial charge on any atom is 0.411 e. The van der Waals surface area contributed by atoms with Gasteiger partial charge in [0.25, 0.3) is 5.91 Å². The van der Waals surface area contributed by atoms with Crippen molar-refractivity contribution in [3.8, 4) is 0 Å². The Labute approximate surface area is 106 Å². The van der Waals surface area contributed by atoms with Gasteiger partial charge in [0.2, 0.25) is 0 Å². The zero-order valence-electron chi connectivity index (χ0n) is 9.13. The molecule has 0 saturated carbocycles. The monoisotopic (exact) mass is 282 g/mol. The number of nitrogens with one attached hydrogen (secondary N) is 1. The summed E-state index contributed by atoms with van der Waals surface area (Å²) in [5, 5.41) is 2.59. The maximum absolute atomic E-state index is 11.7. The summed E-state index contributed by atoms with van der Waals surface area (Å²) in [6.45, 7) is -1.61. The Morgan fingerprint density at radius 1 is 1.50 bits per heavy atom. The number of rotatable bonds is 5. The SMILES string of the molecule is O=C(NCCOCC(F)(F)F)c1cnccc1Cl. The van der Waals surface area contributed by atoms with Gasteiger partial charge in [-0.1, -0.05) is 11.6 Å². The molecule has 0 saturated heterocycles. The number of amides is 1. The van der Waals surface area contributed by atoms with Crippen LogP contribution in [0, 0.1) is 0 Å². The summed E-state index contributed by atoms with van der Waals surface area (Å²) in [5.74, 6) is -0.510. The Kier molecular flexibility index (Phi) is 5.36. The number of nitrogens with zero attached hydrogens (tertiary/aromatic N) is 1. The smallest absolute Gasteiger partial charge is 0.370 e. The molecular weight excluding hydrogens is 273 g/mol. The van der Waals surface area contributed by atoms with Crippen molar-refractivity contribution in [3.63, 3.8) is 0 Å². The molecule has 0 aliphatic rings. The average Bonchev–Trinajstić information content (AvgIpc) is 2.27. The van der Waals surface area contributed by atoms with E-state index in [1.165, 1.54) is 18.5 Å². The lowest BCUT2D eigenvalue weighted by Gasteiger charge is -2.08. The highest BCUT2D eigenvalue weighted by Gasteiger charge is 2.27. The first-order chi connectivity index (χ1) is 8.40. The summed E-state index contributed by atoms with van der Waals surface area (Å²) in [5.41, 5.74) is 0.162. The fourth-order valence-corrected chi connectivity index (χ4v) is 1.26. The Balaban J connectivity index is 2.28. The standard InChI is InChI=1S/C10H10ClF3N2O2/c11-8-1-2-15-5-7(8)9(17)16-3-4-18-6-10(12,13)14/h1-2,5H,3-4,6H2,(H,16,17). The van der Waals surface area contributed by atoms with Crippen LogP contribution in [-0.4, -0.2) is 36.8 Å². The van der Waals surface area contributed by atoms with E-state index in [2.05, 4.69) is 15.0 Å². The van der Waals surface area contributed by atoms with E-state index in [-0.39, 0.29) is 23.7 Å². The minimum Gasteiger partial charge on any atom is -0.370 e. The van der Waals surface area contributed by atoms with Gasteiger partial charge in [-0.25, -0.2) is 0 Å². The van der Waals surface area contributed by atoms with Crippen molar-refractivity contribution in [2.75, 3.05) is 19.8 Å². The van der Waals surface area contributed by atoms with Crippen LogP contribution in [0.3, 0.4) is 0 Å². The zero-order chi connectivity index (χ0) is 13.6. The van der Waals surface area contributed by atoms with Gasteiger partial charge in [0, 0.05) is 18.9 Å². The van der Waals surface area contributed by atoms with Crippen LogP contribution >= 0.6 is 11.6 Å². The van der Waals surface area contributed by atoms with E-state index in [1.54, 1.807) is 0 Å². The van der Waals surface area contributed by atoms with Gasteiger partial charge in [-0.05, 0) is 6.07 Å². The first-order valence-corrected chi connectivity index (χ1v) is 5.30. The van der Waals surface area contributed by atoms with E-state index in [0.29, 0.717) is 0 Å². The van der Waals surface area contributed by atoms with E-state index >= 15 is 0 Å². The zero-order valence-corrected chi connectivity index (χ0v) is 9.88. The third-order valence-corrected chi connectivity index (χ3v) is 2.14. The van der Waals surface area contributed by atoms with Gasteiger partial charge in [-0.15, -0.1) is 0 Å². The van der Waals surface area contributed by atoms with Crippen molar-refractivity contribution in [1.82, 2.24) is 10.3 Å². The molecule has 0 spiro atoms. The normalized spacial score (nSPS) is 11.3. The van der Waals surface area contributed by atoms with Gasteiger partial charge in [0.15, 0.2) is 0 Å². The Morgan fingerprint density at radius 3 is 2.83 bits per heavy atom. The summed E-state index contributed by atoms with van der Waals surface area (Å²) in [4.78, 5) is 15.2. The molecule has 0 aliphatic heterocycles. The lowest BCUT2D eigenvalue weighted by molar-refractivity contribution is -0.173. The molecule has 1 aromatic heterocycles. The molecule has 0 aliphatic carbocycles. The van der Waals surface area contributed by atoms with Crippen LogP contribution < -0.4 is 5.32 Å². The van der Waals surface area contributed by atoms with Crippen LogP contribution in [0.1, 0.15) is 10.4 Å². The number of carbonyl (C=O) groups excluding carboxylic acids is 1. The number of pyridine rings is 1. The Hall–Kier alpha value is -1.34. The molecule has 1 N–H and O–H groups in total. The van der Waals surface area contributed by atoms with Gasteiger partial charge < -0.3 is 10.1 Å². The Bertz CT molecular complexity index is 412. The third-order valence-electron chi connectivity index (χ3n) is 1.81. The lowest BCUT2D eigenvalue weighted by Crippen LogP contribution is -2.29. The van der Waals surface area contributed by atoms with E-state index < -0.39 is 18.7 Å². The molecule has 0 bridgehead atoms. The molecule has 100 valence electrons. The molecule has 4 nitrogen and oxygen atoms in total. The van der Waals surface area contributed by atoms with Crippen LogP contribution in [0.4, 0.5) is 13.2 Å². The summed E-state index contributed by atoms with van der Waals surface area (Å²) in [6.07, 6.45) is -1.67. The Morgan fingerprint density at radius 2 is 2.22 bits per heavy atom. The van der Waals surface area contributed by atoms with Crippen molar-refractivity contribution < 1.29 is 22.7 Å². The summed E-state index contributed by atoms with van der Waals surface area (Å²) < 4.78 is 39.5. The van der Waals surface area contributed by atoms with Crippen molar-refractivity contribution in [1.29, 1.82) is 0 Å². The highest BCUT2D eigenvalue weighted by atomic mass is 35.5. The average molecular weight is 283 g/mol. The van der Waals surface area contributed by atoms with E-state index in [0.717, 1.165) is 0 Å². The molecule has 8 heteroatoms. The number of aromatic nitrogens is 1. The minimum absolute atomic E-state index is 0.0415. The second kappa shape index (κ2) is 6.55. The van der Waals surface area contributed by atoms with Gasteiger partial charge in [0.05, 0.1) is 17.2 Å². The van der Waals surface area contributed by atoms with E-state index in [1.807, 2.05) is 0 Å². The molecule has 0 unspecified atom stereocenters. The quantitative estimate of drug-likeness (QED) is 0.841. The second-order valence-corrected chi connectivity index (χ2v) is 3.69. The van der Waals surface area contributed by atoms with Gasteiger partial charge in [0.1, 0.15) is 6.61 Å². The number of halogens is 4. The first kappa shape index (κ1) is 14.7. The summed E-state index contributed by atoms with van der Waals surface area (Å²) >= 11 is 5.74. The fourth-order valence-electron chi connectivity index (χ4n) is 1.06. The highest BCUT2D eigenvalue weighted by molar-refractivity contribution is 6.33. The van der Waals surface area contributed by atoms with Crippen LogP contribution in [0.15, 0.2) is 18.5 Å². The first-order valence-electron chi connectivity index (χ1n) is 4.92. The van der Waals surface area contributed by atoms with E-state index in [9.17, 15) is 18.0 Å². The topological polar surface area (TPSA) is 51.2 Å². The third kappa shape index (κ3) is 5.33. The lowest BCUT2D eigenvalue weighted by atomic mass is 10.2. The number of alkyl halides is 3. The van der Waals surface area contributed by atoms with Gasteiger partial charge in [-0.2, -0.15) is 13.2 Å². The largest absolute Gasteiger partial charge is 0.411 e. The van der Waals surface area contributed by atoms with Crippen molar-refractivity contribution in [3.05, 3.63) is 29.0 Å².